The minimum atomic E-state index is -0.541. The molecule has 0 N–H and O–H groups in total. The normalized spacial score (nSPS) is 16.6. The van der Waals surface area contributed by atoms with Gasteiger partial charge in [-0.05, 0) is 12.8 Å². The second-order valence-corrected chi connectivity index (χ2v) is 4.81. The van der Waals surface area contributed by atoms with Crippen molar-refractivity contribution in [3.63, 3.8) is 0 Å². The van der Waals surface area contributed by atoms with E-state index in [1.165, 1.54) is 0 Å². The first kappa shape index (κ1) is 15.7. The van der Waals surface area contributed by atoms with E-state index in [9.17, 15) is 9.18 Å². The zero-order valence-electron chi connectivity index (χ0n) is 11.5. The Balaban J connectivity index is 2.38. The summed E-state index contributed by atoms with van der Waals surface area (Å²) >= 11 is 0. The largest absolute Gasteiger partial charge is 0.449 e. The van der Waals surface area contributed by atoms with Gasteiger partial charge in [0.05, 0.1) is 26.3 Å². The van der Waals surface area contributed by atoms with Crippen molar-refractivity contribution in [2.45, 2.75) is 31.8 Å². The zero-order valence-corrected chi connectivity index (χ0v) is 11.5. The molecule has 108 valence electrons. The van der Waals surface area contributed by atoms with Crippen molar-refractivity contribution in [2.24, 2.45) is 0 Å². The van der Waals surface area contributed by atoms with Gasteiger partial charge in [-0.15, -0.1) is 6.58 Å². The molecule has 1 aliphatic rings. The van der Waals surface area contributed by atoms with E-state index < -0.39 is 11.4 Å². The van der Waals surface area contributed by atoms with Crippen LogP contribution >= 0.6 is 0 Å². The standard InChI is InChI=1S/C14H22FNO3/c1-4-6-8-18-13(17)16-10-14(11-16,7-5-2)19-9-12(3)15/h5H,2-4,6-11H2,1H3. The Kier molecular flexibility index (Phi) is 6.02. The average Bonchev–Trinajstić information content (AvgIpc) is 2.31. The van der Waals surface area contributed by atoms with Crippen molar-refractivity contribution < 1.29 is 18.7 Å². The van der Waals surface area contributed by atoms with E-state index in [1.54, 1.807) is 11.0 Å². The molecule has 0 aromatic carbocycles. The lowest BCUT2D eigenvalue weighted by atomic mass is 9.90. The van der Waals surface area contributed by atoms with Crippen LogP contribution in [0.1, 0.15) is 26.2 Å². The first-order valence-electron chi connectivity index (χ1n) is 6.53. The molecule has 0 bridgehead atoms. The van der Waals surface area contributed by atoms with Crippen molar-refractivity contribution in [1.29, 1.82) is 0 Å². The van der Waals surface area contributed by atoms with Gasteiger partial charge in [0.25, 0.3) is 0 Å². The maximum Gasteiger partial charge on any atom is 0.409 e. The van der Waals surface area contributed by atoms with Crippen molar-refractivity contribution in [1.82, 2.24) is 4.90 Å². The lowest BCUT2D eigenvalue weighted by Gasteiger charge is -2.48. The lowest BCUT2D eigenvalue weighted by Crippen LogP contribution is -2.64. The highest BCUT2D eigenvalue weighted by Crippen LogP contribution is 2.30. The smallest absolute Gasteiger partial charge is 0.409 e. The van der Waals surface area contributed by atoms with Crippen LogP contribution in [0.4, 0.5) is 9.18 Å². The molecule has 1 saturated heterocycles. The number of hydrogen-bond acceptors (Lipinski definition) is 3. The predicted molar refractivity (Wildman–Crippen MR) is 71.6 cm³/mol. The average molecular weight is 271 g/mol. The van der Waals surface area contributed by atoms with Gasteiger partial charge in [0.1, 0.15) is 11.4 Å². The molecule has 0 aliphatic carbocycles. The molecule has 5 heteroatoms. The second-order valence-electron chi connectivity index (χ2n) is 4.81. The summed E-state index contributed by atoms with van der Waals surface area (Å²) in [6.07, 6.45) is 3.78. The van der Waals surface area contributed by atoms with Gasteiger partial charge in [-0.3, -0.25) is 0 Å². The first-order valence-corrected chi connectivity index (χ1v) is 6.53. The van der Waals surface area contributed by atoms with E-state index >= 15 is 0 Å². The van der Waals surface area contributed by atoms with Crippen LogP contribution in [0.3, 0.4) is 0 Å². The van der Waals surface area contributed by atoms with Crippen molar-refractivity contribution in [2.75, 3.05) is 26.3 Å². The fraction of sp³-hybridized carbons (Fsp3) is 0.643. The maximum absolute atomic E-state index is 12.6. The molecule has 1 fully saturated rings. The summed E-state index contributed by atoms with van der Waals surface area (Å²) in [6.45, 7) is 9.93. The Morgan fingerprint density at radius 2 is 2.21 bits per heavy atom. The molecule has 19 heavy (non-hydrogen) atoms. The SMILES string of the molecule is C=CCC1(OCC(=C)F)CN(C(=O)OCCCC)C1. The number of nitrogens with zero attached hydrogens (tertiary/aromatic N) is 1. The van der Waals surface area contributed by atoms with E-state index in [1.807, 2.05) is 6.92 Å². The monoisotopic (exact) mass is 271 g/mol. The number of carbonyl (C=O) groups excluding carboxylic acids is 1. The maximum atomic E-state index is 12.6. The fourth-order valence-corrected chi connectivity index (χ4v) is 1.95. The highest BCUT2D eigenvalue weighted by atomic mass is 19.1. The third-order valence-electron chi connectivity index (χ3n) is 2.99. The third-order valence-corrected chi connectivity index (χ3v) is 2.99. The molecule has 0 unspecified atom stereocenters. The molecule has 1 amide bonds. The van der Waals surface area contributed by atoms with Crippen LogP contribution in [-0.4, -0.2) is 42.9 Å². The molecule has 1 rings (SSSR count). The van der Waals surface area contributed by atoms with Crippen LogP contribution in [-0.2, 0) is 9.47 Å². The summed E-state index contributed by atoms with van der Waals surface area (Å²) in [4.78, 5) is 13.2. The fourth-order valence-electron chi connectivity index (χ4n) is 1.95. The molecule has 1 heterocycles. The van der Waals surface area contributed by atoms with Gasteiger partial charge < -0.3 is 14.4 Å². The molecule has 0 atom stereocenters. The van der Waals surface area contributed by atoms with E-state index in [-0.39, 0.29) is 12.7 Å². The molecular formula is C14H22FNO3. The van der Waals surface area contributed by atoms with E-state index in [4.69, 9.17) is 9.47 Å². The highest BCUT2D eigenvalue weighted by molar-refractivity contribution is 5.69. The first-order chi connectivity index (χ1) is 9.03. The van der Waals surface area contributed by atoms with E-state index in [0.717, 1.165) is 12.8 Å². The molecule has 0 saturated carbocycles. The summed E-state index contributed by atoms with van der Waals surface area (Å²) in [7, 11) is 0. The van der Waals surface area contributed by atoms with Gasteiger partial charge in [-0.25, -0.2) is 9.18 Å². The van der Waals surface area contributed by atoms with Gasteiger partial charge in [0.15, 0.2) is 0 Å². The van der Waals surface area contributed by atoms with Crippen LogP contribution in [0.2, 0.25) is 0 Å². The summed E-state index contributed by atoms with van der Waals surface area (Å²) in [5.74, 6) is -0.521. The number of likely N-dealkylation sites (tertiary alicyclic amines) is 1. The van der Waals surface area contributed by atoms with Crippen LogP contribution < -0.4 is 0 Å². The number of carbonyl (C=O) groups is 1. The number of amides is 1. The van der Waals surface area contributed by atoms with Gasteiger partial charge in [-0.2, -0.15) is 0 Å². The zero-order chi connectivity index (χ0) is 14.3. The van der Waals surface area contributed by atoms with Gasteiger partial charge in [0, 0.05) is 0 Å². The summed E-state index contributed by atoms with van der Waals surface area (Å²) in [6, 6.07) is 0. The van der Waals surface area contributed by atoms with Crippen LogP contribution in [0.25, 0.3) is 0 Å². The number of unbranched alkanes of at least 4 members (excludes halogenated alkanes) is 1. The Morgan fingerprint density at radius 1 is 1.53 bits per heavy atom. The highest BCUT2D eigenvalue weighted by Gasteiger charge is 2.46. The molecule has 0 spiro atoms. The number of halogens is 1. The van der Waals surface area contributed by atoms with Gasteiger partial charge in [-0.1, -0.05) is 26.0 Å². The molecular weight excluding hydrogens is 249 g/mol. The van der Waals surface area contributed by atoms with Crippen LogP contribution in [0, 0.1) is 0 Å². The molecule has 0 aromatic heterocycles. The van der Waals surface area contributed by atoms with Crippen molar-refractivity contribution >= 4 is 6.09 Å². The van der Waals surface area contributed by atoms with Crippen LogP contribution in [0.5, 0.6) is 0 Å². The topological polar surface area (TPSA) is 38.8 Å². The summed E-state index contributed by atoms with van der Waals surface area (Å²) in [5, 5.41) is 0. The minimum absolute atomic E-state index is 0.146. The van der Waals surface area contributed by atoms with Crippen molar-refractivity contribution in [3.8, 4) is 0 Å². The predicted octanol–water partition coefficient (Wildman–Crippen LogP) is 3.05. The molecule has 0 radical (unpaired) electrons. The Bertz CT molecular complexity index is 338. The van der Waals surface area contributed by atoms with Gasteiger partial charge >= 0.3 is 6.09 Å². The Hall–Kier alpha value is -1.36. The summed E-state index contributed by atoms with van der Waals surface area (Å²) < 4.78 is 23.2. The van der Waals surface area contributed by atoms with E-state index in [0.29, 0.717) is 26.1 Å². The molecule has 0 aromatic rings. The number of rotatable bonds is 8. The van der Waals surface area contributed by atoms with Crippen LogP contribution in [0.15, 0.2) is 25.1 Å². The third kappa shape index (κ3) is 4.67. The number of ether oxygens (including phenoxy) is 2. The summed E-state index contributed by atoms with van der Waals surface area (Å²) in [5.41, 5.74) is -0.541. The lowest BCUT2D eigenvalue weighted by molar-refractivity contribution is -0.128. The Morgan fingerprint density at radius 3 is 2.74 bits per heavy atom. The quantitative estimate of drug-likeness (QED) is 0.503. The molecule has 4 nitrogen and oxygen atoms in total. The van der Waals surface area contributed by atoms with E-state index in [2.05, 4.69) is 13.2 Å². The minimum Gasteiger partial charge on any atom is -0.449 e. The molecule has 1 aliphatic heterocycles. The second kappa shape index (κ2) is 7.28. The number of hydrogen-bond donors (Lipinski definition) is 0. The van der Waals surface area contributed by atoms with Gasteiger partial charge in [0.2, 0.25) is 0 Å². The van der Waals surface area contributed by atoms with Crippen molar-refractivity contribution in [3.05, 3.63) is 25.1 Å². The Labute approximate surface area is 113 Å².